The zero-order valence-corrected chi connectivity index (χ0v) is 11.5. The van der Waals surface area contributed by atoms with Gasteiger partial charge in [0.1, 0.15) is 10.7 Å². The first kappa shape index (κ1) is 15.1. The summed E-state index contributed by atoms with van der Waals surface area (Å²) in [6, 6.07) is 1.84. The molecule has 0 fully saturated rings. The zero-order chi connectivity index (χ0) is 10.9. The van der Waals surface area contributed by atoms with Crippen molar-refractivity contribution in [3.05, 3.63) is 34.1 Å². The quantitative estimate of drug-likeness (QED) is 0.363. The maximum Gasteiger partial charge on any atom is 0.297 e. The number of non-ortho nitro benzene ring substituents is 1. The molecule has 1 N–H and O–H groups in total. The van der Waals surface area contributed by atoms with Crippen LogP contribution in [-0.4, -0.2) is 69.3 Å². The predicted molar refractivity (Wildman–Crippen MR) is 48.6 cm³/mol. The first-order chi connectivity index (χ1) is 6.32. The van der Waals surface area contributed by atoms with E-state index in [4.69, 9.17) is 4.55 Å². The van der Waals surface area contributed by atoms with Gasteiger partial charge in [0.15, 0.2) is 0 Å². The topological polar surface area (TPSA) is 97.5 Å². The van der Waals surface area contributed by atoms with Gasteiger partial charge in [0.05, 0.1) is 4.92 Å². The molecule has 0 unspecified atom stereocenters. The molecule has 0 amide bonds. The number of rotatable bonds is 2. The number of nitro benzene ring substituents is 1. The number of benzene rings is 1. The maximum atomic E-state index is 12.8. The Balaban J connectivity index is 0.00000196. The maximum absolute atomic E-state index is 12.8. The van der Waals surface area contributed by atoms with Crippen molar-refractivity contribution in [2.75, 3.05) is 0 Å². The van der Waals surface area contributed by atoms with Crippen LogP contribution in [0.5, 0.6) is 0 Å². The van der Waals surface area contributed by atoms with Gasteiger partial charge in [0.25, 0.3) is 15.8 Å². The number of nitrogens with zero attached hydrogens (tertiary/aromatic N) is 1. The van der Waals surface area contributed by atoms with Gasteiger partial charge >= 0.3 is 0 Å². The molecule has 1 aromatic rings. The normalized spacial score (nSPS) is 10.5. The monoisotopic (exact) mass is 260 g/mol. The molecule has 0 spiro atoms. The molecule has 0 aromatic heterocycles. The molecule has 1 rings (SSSR count). The SMILES string of the molecule is O=[N+]([O-])c1ccc(F)c(S(=O)(=O)O)c1.[K]. The van der Waals surface area contributed by atoms with Crippen LogP contribution in [-0.2, 0) is 10.1 Å². The van der Waals surface area contributed by atoms with Crippen molar-refractivity contribution in [2.24, 2.45) is 0 Å². The van der Waals surface area contributed by atoms with Crippen molar-refractivity contribution in [3.63, 3.8) is 0 Å². The smallest absolute Gasteiger partial charge is 0.282 e. The summed E-state index contributed by atoms with van der Waals surface area (Å²) >= 11 is 0. The van der Waals surface area contributed by atoms with Crippen molar-refractivity contribution >= 4 is 67.2 Å². The summed E-state index contributed by atoms with van der Waals surface area (Å²) in [6.07, 6.45) is 0. The fraction of sp³-hybridized carbons (Fsp3) is 0. The van der Waals surface area contributed by atoms with Gasteiger partial charge in [-0.2, -0.15) is 8.42 Å². The summed E-state index contributed by atoms with van der Waals surface area (Å²) < 4.78 is 42.3. The van der Waals surface area contributed by atoms with Crippen LogP contribution in [0.4, 0.5) is 10.1 Å². The molecule has 0 aliphatic rings. The molecule has 0 heterocycles. The predicted octanol–water partition coefficient (Wildman–Crippen LogP) is 0.600. The van der Waals surface area contributed by atoms with E-state index in [0.717, 1.165) is 6.07 Å². The average molecular weight is 260 g/mol. The van der Waals surface area contributed by atoms with E-state index in [-0.39, 0.29) is 51.4 Å². The van der Waals surface area contributed by atoms with Gasteiger partial charge in [0, 0.05) is 63.5 Å². The Kier molecular flexibility index (Phi) is 5.47. The van der Waals surface area contributed by atoms with Gasteiger partial charge in [0.2, 0.25) is 0 Å². The van der Waals surface area contributed by atoms with E-state index in [1.54, 1.807) is 0 Å². The third-order valence-electron chi connectivity index (χ3n) is 1.40. The van der Waals surface area contributed by atoms with E-state index in [1.165, 1.54) is 0 Å². The van der Waals surface area contributed by atoms with E-state index in [9.17, 15) is 22.9 Å². The molecule has 6 nitrogen and oxygen atoms in total. The zero-order valence-electron chi connectivity index (χ0n) is 7.55. The molecule has 0 saturated heterocycles. The second kappa shape index (κ2) is 5.43. The summed E-state index contributed by atoms with van der Waals surface area (Å²) in [6.45, 7) is 0. The fourth-order valence-electron chi connectivity index (χ4n) is 0.803. The van der Waals surface area contributed by atoms with Gasteiger partial charge in [-0.25, -0.2) is 4.39 Å². The fourth-order valence-corrected chi connectivity index (χ4v) is 1.39. The summed E-state index contributed by atoms with van der Waals surface area (Å²) in [4.78, 5) is 8.20. The summed E-state index contributed by atoms with van der Waals surface area (Å²) in [5, 5.41) is 10.2. The van der Waals surface area contributed by atoms with Crippen LogP contribution < -0.4 is 0 Å². The Morgan fingerprint density at radius 2 is 1.93 bits per heavy atom. The van der Waals surface area contributed by atoms with E-state index in [2.05, 4.69) is 0 Å². The van der Waals surface area contributed by atoms with Crippen LogP contribution in [0.2, 0.25) is 0 Å². The Morgan fingerprint density at radius 3 is 2.33 bits per heavy atom. The molecule has 0 aliphatic carbocycles. The van der Waals surface area contributed by atoms with Crippen LogP contribution >= 0.6 is 0 Å². The number of hydrogen-bond donors (Lipinski definition) is 1. The van der Waals surface area contributed by atoms with Crippen molar-refractivity contribution in [3.8, 4) is 0 Å². The molecule has 0 saturated carbocycles. The van der Waals surface area contributed by atoms with E-state index in [0.29, 0.717) is 12.1 Å². The number of halogens is 1. The minimum Gasteiger partial charge on any atom is -0.282 e. The molecule has 77 valence electrons. The molecule has 0 bridgehead atoms. The van der Waals surface area contributed by atoms with Gasteiger partial charge in [-0.3, -0.25) is 14.7 Å². The number of hydrogen-bond acceptors (Lipinski definition) is 4. The Labute approximate surface area is 127 Å². The molecule has 1 aromatic carbocycles. The van der Waals surface area contributed by atoms with Gasteiger partial charge < -0.3 is 0 Å². The molecule has 9 heteroatoms. The van der Waals surface area contributed by atoms with Crippen molar-refractivity contribution in [1.29, 1.82) is 0 Å². The largest absolute Gasteiger partial charge is 0.297 e. The third kappa shape index (κ3) is 3.87. The first-order valence-corrected chi connectivity index (χ1v) is 4.68. The van der Waals surface area contributed by atoms with Crippen LogP contribution in [0.1, 0.15) is 0 Å². The Morgan fingerprint density at radius 1 is 1.40 bits per heavy atom. The minimum atomic E-state index is -4.77. The molecule has 15 heavy (non-hydrogen) atoms. The molecular weight excluding hydrogens is 256 g/mol. The second-order valence-corrected chi connectivity index (χ2v) is 3.74. The Bertz CT molecular complexity index is 488. The van der Waals surface area contributed by atoms with Crippen molar-refractivity contribution < 1.29 is 22.3 Å². The van der Waals surface area contributed by atoms with Crippen LogP contribution in [0.15, 0.2) is 23.1 Å². The van der Waals surface area contributed by atoms with Crippen LogP contribution in [0, 0.1) is 15.9 Å². The van der Waals surface area contributed by atoms with Crippen molar-refractivity contribution in [2.45, 2.75) is 4.90 Å². The number of nitro groups is 1. The molecule has 0 aliphatic heterocycles. The molecule has 1 radical (unpaired) electrons. The summed E-state index contributed by atoms with van der Waals surface area (Å²) in [7, 11) is -4.77. The average Bonchev–Trinajstić information content (AvgIpc) is 2.02. The summed E-state index contributed by atoms with van der Waals surface area (Å²) in [5.41, 5.74) is -0.612. The van der Waals surface area contributed by atoms with Crippen LogP contribution in [0.25, 0.3) is 0 Å². The van der Waals surface area contributed by atoms with Crippen molar-refractivity contribution in [1.82, 2.24) is 0 Å². The summed E-state index contributed by atoms with van der Waals surface area (Å²) in [5.74, 6) is -1.24. The first-order valence-electron chi connectivity index (χ1n) is 3.24. The van der Waals surface area contributed by atoms with Gasteiger partial charge in [-0.15, -0.1) is 0 Å². The van der Waals surface area contributed by atoms with Gasteiger partial charge in [-0.1, -0.05) is 0 Å². The van der Waals surface area contributed by atoms with E-state index >= 15 is 0 Å². The van der Waals surface area contributed by atoms with Gasteiger partial charge in [-0.05, 0) is 6.07 Å². The minimum absolute atomic E-state index is 0. The Hall–Kier alpha value is 0.0964. The van der Waals surface area contributed by atoms with E-state index < -0.39 is 31.4 Å². The third-order valence-corrected chi connectivity index (χ3v) is 2.27. The standard InChI is InChI=1S/C6H4FNO5S.K/c7-5-2-1-4(8(9)10)3-6(5)14(11,12)13;/h1-3H,(H,11,12,13);. The van der Waals surface area contributed by atoms with Crippen LogP contribution in [0.3, 0.4) is 0 Å². The van der Waals surface area contributed by atoms with E-state index in [1.807, 2.05) is 0 Å². The molecule has 0 atom stereocenters. The second-order valence-electron chi connectivity index (χ2n) is 2.35. The molecular formula is C6H4FKNO5S.